The number of amides is 2. The molecule has 26 heavy (non-hydrogen) atoms. The maximum atomic E-state index is 12.5. The Kier molecular flexibility index (Phi) is 5.55. The molecule has 0 aliphatic carbocycles. The molecule has 2 aromatic rings. The van der Waals surface area contributed by atoms with Gasteiger partial charge in [-0.3, -0.25) is 14.7 Å². The van der Waals surface area contributed by atoms with Crippen molar-refractivity contribution in [3.05, 3.63) is 47.8 Å². The molecule has 1 aliphatic heterocycles. The van der Waals surface area contributed by atoms with Crippen LogP contribution < -0.4 is 10.1 Å². The minimum atomic E-state index is -0.0985. The molecule has 1 saturated heterocycles. The lowest BCUT2D eigenvalue weighted by molar-refractivity contribution is 0.0685. The van der Waals surface area contributed by atoms with Crippen LogP contribution in [0.3, 0.4) is 0 Å². The summed E-state index contributed by atoms with van der Waals surface area (Å²) in [7, 11) is 0. The number of nitrogens with one attached hydrogen (secondary N) is 2. The van der Waals surface area contributed by atoms with E-state index in [0.717, 1.165) is 19.4 Å². The van der Waals surface area contributed by atoms with Crippen molar-refractivity contribution >= 4 is 11.8 Å². The molecule has 1 aromatic heterocycles. The number of nitrogens with zero attached hydrogens (tertiary/aromatic N) is 2. The summed E-state index contributed by atoms with van der Waals surface area (Å²) in [6.07, 6.45) is 3.45. The van der Waals surface area contributed by atoms with Crippen LogP contribution in [0.5, 0.6) is 5.75 Å². The quantitative estimate of drug-likeness (QED) is 0.831. The van der Waals surface area contributed by atoms with E-state index in [9.17, 15) is 9.59 Å². The lowest BCUT2D eigenvalue weighted by atomic mass is 10.2. The first-order valence-electron chi connectivity index (χ1n) is 8.88. The Hall–Kier alpha value is -2.83. The van der Waals surface area contributed by atoms with Crippen LogP contribution in [0.2, 0.25) is 0 Å². The first-order valence-corrected chi connectivity index (χ1v) is 8.88. The van der Waals surface area contributed by atoms with Gasteiger partial charge in [-0.2, -0.15) is 5.10 Å². The van der Waals surface area contributed by atoms with Gasteiger partial charge in [-0.05, 0) is 57.0 Å². The first kappa shape index (κ1) is 18.0. The summed E-state index contributed by atoms with van der Waals surface area (Å²) in [5, 5.41) is 9.41. The van der Waals surface area contributed by atoms with Gasteiger partial charge in [0.1, 0.15) is 18.1 Å². The van der Waals surface area contributed by atoms with Crippen molar-refractivity contribution < 1.29 is 14.3 Å². The number of aromatic nitrogens is 2. The van der Waals surface area contributed by atoms with Crippen molar-refractivity contribution in [2.24, 2.45) is 0 Å². The number of ether oxygens (including phenoxy) is 1. The Morgan fingerprint density at radius 1 is 1.31 bits per heavy atom. The number of hydrogen-bond donors (Lipinski definition) is 2. The molecule has 0 radical (unpaired) electrons. The van der Waals surface area contributed by atoms with Crippen LogP contribution in [-0.2, 0) is 0 Å². The number of aromatic amines is 1. The van der Waals surface area contributed by atoms with Gasteiger partial charge in [0, 0.05) is 24.3 Å². The molecule has 1 atom stereocenters. The van der Waals surface area contributed by atoms with E-state index >= 15 is 0 Å². The molecular formula is C19H24N4O3. The number of hydrogen-bond acceptors (Lipinski definition) is 4. The zero-order valence-electron chi connectivity index (χ0n) is 15.1. The first-order chi connectivity index (χ1) is 12.5. The van der Waals surface area contributed by atoms with Crippen LogP contribution in [0, 0.1) is 0 Å². The molecular weight excluding hydrogens is 332 g/mol. The van der Waals surface area contributed by atoms with Crippen LogP contribution in [0.25, 0.3) is 0 Å². The Balaban J connectivity index is 1.56. The summed E-state index contributed by atoms with van der Waals surface area (Å²) < 4.78 is 5.85. The second kappa shape index (κ2) is 8.03. The summed E-state index contributed by atoms with van der Waals surface area (Å²) >= 11 is 0. The summed E-state index contributed by atoms with van der Waals surface area (Å²) in [5.74, 6) is 0.542. The number of rotatable bonds is 6. The van der Waals surface area contributed by atoms with Gasteiger partial charge in [0.15, 0.2) is 0 Å². The maximum absolute atomic E-state index is 12.5. The number of carbonyl (C=O) groups is 2. The number of likely N-dealkylation sites (tertiary alicyclic amines) is 1. The highest BCUT2D eigenvalue weighted by Gasteiger charge is 2.30. The molecule has 2 amide bonds. The smallest absolute Gasteiger partial charge is 0.272 e. The number of benzene rings is 1. The van der Waals surface area contributed by atoms with E-state index in [2.05, 4.69) is 15.5 Å². The second-order valence-electron chi connectivity index (χ2n) is 6.73. The molecule has 138 valence electrons. The van der Waals surface area contributed by atoms with E-state index in [0.29, 0.717) is 23.6 Å². The minimum Gasteiger partial charge on any atom is -0.491 e. The fourth-order valence-corrected chi connectivity index (χ4v) is 3.05. The summed E-state index contributed by atoms with van der Waals surface area (Å²) in [4.78, 5) is 26.3. The van der Waals surface area contributed by atoms with E-state index in [-0.39, 0.29) is 23.9 Å². The Morgan fingerprint density at radius 3 is 2.73 bits per heavy atom. The maximum Gasteiger partial charge on any atom is 0.272 e. The standard InChI is InChI=1S/C19H24N4O3/c1-13(2)21-18(24)14-5-7-16(8-6-14)26-12-15-4-3-11-23(15)19(25)17-9-10-20-22-17/h5-10,13,15H,3-4,11-12H2,1-2H3,(H,20,22)(H,21,24). The van der Waals surface area contributed by atoms with Crippen molar-refractivity contribution in [3.63, 3.8) is 0 Å². The highest BCUT2D eigenvalue weighted by Crippen LogP contribution is 2.21. The number of H-pyrrole nitrogens is 1. The third kappa shape index (κ3) is 4.22. The Bertz CT molecular complexity index is 741. The van der Waals surface area contributed by atoms with E-state index in [4.69, 9.17) is 4.74 Å². The largest absolute Gasteiger partial charge is 0.491 e. The zero-order valence-corrected chi connectivity index (χ0v) is 15.1. The summed E-state index contributed by atoms with van der Waals surface area (Å²) in [6.45, 7) is 5.00. The van der Waals surface area contributed by atoms with E-state index < -0.39 is 0 Å². The van der Waals surface area contributed by atoms with Crippen molar-refractivity contribution in [2.75, 3.05) is 13.2 Å². The van der Waals surface area contributed by atoms with Gasteiger partial charge in [0.25, 0.3) is 11.8 Å². The third-order valence-corrected chi connectivity index (χ3v) is 4.35. The molecule has 1 fully saturated rings. The van der Waals surface area contributed by atoms with E-state index in [1.54, 1.807) is 36.5 Å². The molecule has 0 saturated carbocycles. The Morgan fingerprint density at radius 2 is 2.08 bits per heavy atom. The summed E-state index contributed by atoms with van der Waals surface area (Å²) in [6, 6.07) is 8.87. The molecule has 1 unspecified atom stereocenters. The van der Waals surface area contributed by atoms with Crippen LogP contribution >= 0.6 is 0 Å². The van der Waals surface area contributed by atoms with Gasteiger partial charge in [-0.15, -0.1) is 0 Å². The highest BCUT2D eigenvalue weighted by atomic mass is 16.5. The number of carbonyl (C=O) groups excluding carboxylic acids is 2. The average molecular weight is 356 g/mol. The fourth-order valence-electron chi connectivity index (χ4n) is 3.05. The molecule has 0 bridgehead atoms. The zero-order chi connectivity index (χ0) is 18.5. The Labute approximate surface area is 152 Å². The van der Waals surface area contributed by atoms with Gasteiger partial charge in [-0.25, -0.2) is 0 Å². The van der Waals surface area contributed by atoms with Crippen LogP contribution in [0.1, 0.15) is 47.5 Å². The van der Waals surface area contributed by atoms with Gasteiger partial charge < -0.3 is 15.0 Å². The molecule has 2 N–H and O–H groups in total. The van der Waals surface area contributed by atoms with Crippen molar-refractivity contribution in [1.29, 1.82) is 0 Å². The van der Waals surface area contributed by atoms with Crippen molar-refractivity contribution in [2.45, 2.75) is 38.8 Å². The molecule has 1 aliphatic rings. The van der Waals surface area contributed by atoms with Gasteiger partial charge in [0.05, 0.1) is 6.04 Å². The van der Waals surface area contributed by atoms with E-state index in [1.807, 2.05) is 18.7 Å². The average Bonchev–Trinajstić information content (AvgIpc) is 3.31. The predicted octanol–water partition coefficient (Wildman–Crippen LogP) is 2.23. The van der Waals surface area contributed by atoms with Crippen LogP contribution in [0.15, 0.2) is 36.5 Å². The lowest BCUT2D eigenvalue weighted by Crippen LogP contribution is -2.39. The molecule has 3 rings (SSSR count). The predicted molar refractivity (Wildman–Crippen MR) is 97.2 cm³/mol. The topological polar surface area (TPSA) is 87.3 Å². The summed E-state index contributed by atoms with van der Waals surface area (Å²) in [5.41, 5.74) is 1.10. The normalized spacial score (nSPS) is 16.7. The van der Waals surface area contributed by atoms with E-state index in [1.165, 1.54) is 0 Å². The van der Waals surface area contributed by atoms with Crippen LogP contribution in [-0.4, -0.2) is 52.1 Å². The second-order valence-corrected chi connectivity index (χ2v) is 6.73. The molecule has 0 spiro atoms. The highest BCUT2D eigenvalue weighted by molar-refractivity contribution is 5.94. The van der Waals surface area contributed by atoms with Crippen molar-refractivity contribution in [1.82, 2.24) is 20.4 Å². The van der Waals surface area contributed by atoms with Gasteiger partial charge >= 0.3 is 0 Å². The molecule has 7 nitrogen and oxygen atoms in total. The monoisotopic (exact) mass is 356 g/mol. The van der Waals surface area contributed by atoms with Crippen LogP contribution in [0.4, 0.5) is 0 Å². The molecule has 1 aromatic carbocycles. The molecule has 7 heteroatoms. The third-order valence-electron chi connectivity index (χ3n) is 4.35. The SMILES string of the molecule is CC(C)NC(=O)c1ccc(OCC2CCCN2C(=O)c2ccn[nH]2)cc1. The molecule has 2 heterocycles. The van der Waals surface area contributed by atoms with Crippen molar-refractivity contribution in [3.8, 4) is 5.75 Å². The fraction of sp³-hybridized carbons (Fsp3) is 0.421. The van der Waals surface area contributed by atoms with Gasteiger partial charge in [0.2, 0.25) is 0 Å². The van der Waals surface area contributed by atoms with Gasteiger partial charge in [-0.1, -0.05) is 0 Å². The minimum absolute atomic E-state index is 0.0368. The lowest BCUT2D eigenvalue weighted by Gasteiger charge is -2.24.